The number of amides is 1. The normalized spacial score (nSPS) is 15.0. The Morgan fingerprint density at radius 1 is 1.36 bits per heavy atom. The molecule has 22 heavy (non-hydrogen) atoms. The molecular weight excluding hydrogens is 340 g/mol. The van der Waals surface area contributed by atoms with Gasteiger partial charge >= 0.3 is 0 Å². The zero-order valence-corrected chi connectivity index (χ0v) is 14.5. The lowest BCUT2D eigenvalue weighted by Crippen LogP contribution is -2.36. The monoisotopic (exact) mass is 356 g/mol. The van der Waals surface area contributed by atoms with E-state index in [9.17, 15) is 4.79 Å². The van der Waals surface area contributed by atoms with Crippen molar-refractivity contribution in [2.45, 2.75) is 10.9 Å². The summed E-state index contributed by atoms with van der Waals surface area (Å²) >= 11 is 4.63. The number of carbonyl (C=O) groups is 1. The van der Waals surface area contributed by atoms with Gasteiger partial charge in [0, 0.05) is 23.8 Å². The van der Waals surface area contributed by atoms with Gasteiger partial charge in [-0.1, -0.05) is 11.8 Å². The summed E-state index contributed by atoms with van der Waals surface area (Å²) in [6, 6.07) is 0. The lowest BCUT2D eigenvalue weighted by atomic mass is 10.4. The summed E-state index contributed by atoms with van der Waals surface area (Å²) in [4.78, 5) is 23.1. The second kappa shape index (κ2) is 7.40. The minimum atomic E-state index is -0.155. The van der Waals surface area contributed by atoms with Crippen molar-refractivity contribution in [3.05, 3.63) is 22.1 Å². The number of thioether (sulfide) groups is 1. The molecule has 0 aromatic carbocycles. The Balaban J connectivity index is 1.55. The molecule has 3 rings (SSSR count). The van der Waals surface area contributed by atoms with E-state index in [1.807, 2.05) is 11.6 Å². The number of nitrogens with one attached hydrogen (secondary N) is 1. The van der Waals surface area contributed by atoms with Crippen LogP contribution in [0.1, 0.15) is 16.2 Å². The maximum Gasteiger partial charge on any atom is 0.271 e. The highest BCUT2D eigenvalue weighted by Crippen LogP contribution is 2.22. The average Bonchev–Trinajstić information content (AvgIpc) is 3.22. The van der Waals surface area contributed by atoms with E-state index < -0.39 is 0 Å². The summed E-state index contributed by atoms with van der Waals surface area (Å²) in [5.74, 6) is -0.155. The van der Waals surface area contributed by atoms with Crippen LogP contribution < -0.4 is 10.2 Å². The van der Waals surface area contributed by atoms with E-state index in [0.717, 1.165) is 41.5 Å². The van der Waals surface area contributed by atoms with Crippen LogP contribution in [0.4, 0.5) is 5.13 Å². The van der Waals surface area contributed by atoms with Gasteiger partial charge in [0.15, 0.2) is 5.13 Å². The number of aromatic nitrogens is 2. The topological polar surface area (TPSA) is 67.4 Å². The molecule has 0 bridgehead atoms. The van der Waals surface area contributed by atoms with Crippen molar-refractivity contribution >= 4 is 45.5 Å². The molecule has 0 aliphatic carbocycles. The van der Waals surface area contributed by atoms with Gasteiger partial charge < -0.3 is 15.0 Å². The van der Waals surface area contributed by atoms with Gasteiger partial charge in [0.05, 0.1) is 25.5 Å². The smallest absolute Gasteiger partial charge is 0.271 e. The number of hydrogen-bond acceptors (Lipinski definition) is 8. The van der Waals surface area contributed by atoms with Crippen LogP contribution >= 0.6 is 34.4 Å². The Bertz CT molecular complexity index is 637. The van der Waals surface area contributed by atoms with Crippen molar-refractivity contribution in [2.24, 2.45) is 0 Å². The van der Waals surface area contributed by atoms with E-state index in [4.69, 9.17) is 4.74 Å². The van der Waals surface area contributed by atoms with Crippen LogP contribution in [0.2, 0.25) is 0 Å². The Labute approximate surface area is 140 Å². The minimum absolute atomic E-state index is 0.155. The molecule has 1 saturated heterocycles. The average molecular weight is 356 g/mol. The second-order valence-electron chi connectivity index (χ2n) is 4.61. The van der Waals surface area contributed by atoms with Crippen molar-refractivity contribution in [1.82, 2.24) is 15.3 Å². The van der Waals surface area contributed by atoms with Crippen LogP contribution in [0, 0.1) is 0 Å². The van der Waals surface area contributed by atoms with E-state index in [0.29, 0.717) is 12.2 Å². The molecule has 0 saturated carbocycles. The number of anilines is 1. The summed E-state index contributed by atoms with van der Waals surface area (Å²) in [7, 11) is 0. The third-order valence-corrected chi connectivity index (χ3v) is 5.96. The number of nitrogens with zero attached hydrogens (tertiary/aromatic N) is 3. The highest BCUT2D eigenvalue weighted by atomic mass is 32.2. The number of ether oxygens (including phenoxy) is 1. The lowest BCUT2D eigenvalue weighted by molar-refractivity contribution is 0.0946. The molecule has 2 aromatic heterocycles. The van der Waals surface area contributed by atoms with E-state index in [-0.39, 0.29) is 5.91 Å². The van der Waals surface area contributed by atoms with Crippen molar-refractivity contribution in [2.75, 3.05) is 37.5 Å². The predicted octanol–water partition coefficient (Wildman–Crippen LogP) is 2.09. The van der Waals surface area contributed by atoms with Gasteiger partial charge in [-0.3, -0.25) is 4.79 Å². The van der Waals surface area contributed by atoms with Crippen molar-refractivity contribution in [1.29, 1.82) is 0 Å². The summed E-state index contributed by atoms with van der Waals surface area (Å²) in [5, 5.41) is 7.62. The molecule has 0 unspecified atom stereocenters. The first-order valence-corrected chi connectivity index (χ1v) is 9.79. The molecule has 1 aliphatic rings. The number of carbonyl (C=O) groups excluding carboxylic acids is 1. The summed E-state index contributed by atoms with van der Waals surface area (Å²) < 4.78 is 6.23. The molecule has 0 spiro atoms. The number of morpholine rings is 1. The third-order valence-electron chi connectivity index (χ3n) is 3.14. The second-order valence-corrected chi connectivity index (χ2v) is 7.35. The third kappa shape index (κ3) is 3.78. The zero-order valence-electron chi connectivity index (χ0n) is 12.1. The van der Waals surface area contributed by atoms with Crippen LogP contribution in [0.3, 0.4) is 0 Å². The first-order chi connectivity index (χ1) is 10.8. The molecule has 1 fully saturated rings. The molecule has 0 atom stereocenters. The van der Waals surface area contributed by atoms with Gasteiger partial charge in [-0.25, -0.2) is 9.97 Å². The first kappa shape index (κ1) is 15.7. The minimum Gasteiger partial charge on any atom is -0.378 e. The maximum absolute atomic E-state index is 12.0. The van der Waals surface area contributed by atoms with Crippen LogP contribution in [-0.4, -0.2) is 48.4 Å². The number of thiazole rings is 2. The van der Waals surface area contributed by atoms with E-state index in [1.54, 1.807) is 28.5 Å². The van der Waals surface area contributed by atoms with Crippen molar-refractivity contribution < 1.29 is 9.53 Å². The molecule has 1 aliphatic heterocycles. The zero-order chi connectivity index (χ0) is 15.4. The quantitative estimate of drug-likeness (QED) is 0.828. The van der Waals surface area contributed by atoms with Gasteiger partial charge in [0.1, 0.15) is 10.0 Å². The molecule has 1 amide bonds. The molecule has 118 valence electrons. The van der Waals surface area contributed by atoms with Crippen LogP contribution in [0.5, 0.6) is 0 Å². The van der Waals surface area contributed by atoms with Crippen LogP contribution in [0.25, 0.3) is 0 Å². The molecular formula is C13H16N4O2S3. The Morgan fingerprint density at radius 2 is 2.18 bits per heavy atom. The molecule has 2 aromatic rings. The van der Waals surface area contributed by atoms with Crippen LogP contribution in [0.15, 0.2) is 15.1 Å². The summed E-state index contributed by atoms with van der Waals surface area (Å²) in [5.41, 5.74) is 1.35. The number of rotatable bonds is 5. The van der Waals surface area contributed by atoms with Gasteiger partial charge in [0.2, 0.25) is 0 Å². The van der Waals surface area contributed by atoms with E-state index >= 15 is 0 Å². The Morgan fingerprint density at radius 3 is 2.91 bits per heavy atom. The lowest BCUT2D eigenvalue weighted by Gasteiger charge is -2.26. The van der Waals surface area contributed by atoms with E-state index in [1.165, 1.54) is 11.3 Å². The standard InChI is InChI=1S/C13H16N4O2S3/c1-20-13-16-10(8-22-13)11(18)14-6-9-7-21-12(15-9)17-2-4-19-5-3-17/h7-8H,2-6H2,1H3,(H,14,18). The molecule has 0 radical (unpaired) electrons. The van der Waals surface area contributed by atoms with Crippen molar-refractivity contribution in [3.8, 4) is 0 Å². The first-order valence-electron chi connectivity index (χ1n) is 6.81. The Kier molecular flexibility index (Phi) is 5.29. The van der Waals surface area contributed by atoms with Gasteiger partial charge in [-0.2, -0.15) is 0 Å². The fraction of sp³-hybridized carbons (Fsp3) is 0.462. The summed E-state index contributed by atoms with van der Waals surface area (Å²) in [6.07, 6.45) is 1.95. The van der Waals surface area contributed by atoms with Crippen molar-refractivity contribution in [3.63, 3.8) is 0 Å². The predicted molar refractivity (Wildman–Crippen MR) is 90.2 cm³/mol. The molecule has 1 N–H and O–H groups in total. The number of hydrogen-bond donors (Lipinski definition) is 1. The molecule has 6 nitrogen and oxygen atoms in total. The Hall–Kier alpha value is -1.16. The van der Waals surface area contributed by atoms with Gasteiger partial charge in [-0.15, -0.1) is 22.7 Å². The molecule has 9 heteroatoms. The van der Waals surface area contributed by atoms with Gasteiger partial charge in [0.25, 0.3) is 5.91 Å². The molecule has 3 heterocycles. The van der Waals surface area contributed by atoms with Gasteiger partial charge in [-0.05, 0) is 6.26 Å². The highest BCUT2D eigenvalue weighted by molar-refractivity contribution is 8.00. The fourth-order valence-corrected chi connectivity index (χ4v) is 4.12. The van der Waals surface area contributed by atoms with E-state index in [2.05, 4.69) is 20.2 Å². The summed E-state index contributed by atoms with van der Waals surface area (Å²) in [6.45, 7) is 3.65. The van der Waals surface area contributed by atoms with Crippen LogP contribution in [-0.2, 0) is 11.3 Å². The highest BCUT2D eigenvalue weighted by Gasteiger charge is 2.15. The SMILES string of the molecule is CSc1nc(C(=O)NCc2csc(N3CCOCC3)n2)cs1. The maximum atomic E-state index is 12.0. The largest absolute Gasteiger partial charge is 0.378 e. The fourth-order valence-electron chi connectivity index (χ4n) is 1.99.